The predicted octanol–water partition coefficient (Wildman–Crippen LogP) is 4.37. The van der Waals surface area contributed by atoms with Crippen LogP contribution in [0.25, 0.3) is 10.6 Å². The summed E-state index contributed by atoms with van der Waals surface area (Å²) >= 11 is 1.12. The minimum absolute atomic E-state index is 0.253. The molecule has 2 aromatic heterocycles. The molecule has 0 aliphatic heterocycles. The highest BCUT2D eigenvalue weighted by atomic mass is 32.1. The van der Waals surface area contributed by atoms with Crippen molar-refractivity contribution in [1.82, 2.24) is 9.97 Å². The van der Waals surface area contributed by atoms with Crippen LogP contribution in [-0.2, 0) is 12.6 Å². The Morgan fingerprint density at radius 2 is 1.92 bits per heavy atom. The Kier molecular flexibility index (Phi) is 5.02. The van der Waals surface area contributed by atoms with Gasteiger partial charge in [-0.2, -0.15) is 18.4 Å². The van der Waals surface area contributed by atoms with Crippen molar-refractivity contribution in [2.75, 3.05) is 0 Å². The largest absolute Gasteiger partial charge is 0.417 e. The second kappa shape index (κ2) is 7.23. The molecule has 3 rings (SSSR count). The van der Waals surface area contributed by atoms with E-state index in [1.807, 2.05) is 0 Å². The lowest BCUT2D eigenvalue weighted by Crippen LogP contribution is -2.07. The average molecular weight is 375 g/mol. The Hall–Kier alpha value is -2.76. The zero-order chi connectivity index (χ0) is 18.7. The maximum absolute atomic E-state index is 13.1. The van der Waals surface area contributed by atoms with Crippen molar-refractivity contribution in [1.29, 1.82) is 5.26 Å². The average Bonchev–Trinajstić information content (AvgIpc) is 3.11. The van der Waals surface area contributed by atoms with E-state index in [0.717, 1.165) is 29.0 Å². The summed E-state index contributed by atoms with van der Waals surface area (Å²) in [6.07, 6.45) is -0.389. The van der Waals surface area contributed by atoms with Crippen LogP contribution in [0.3, 0.4) is 0 Å². The van der Waals surface area contributed by atoms with E-state index in [2.05, 4.69) is 9.97 Å². The van der Waals surface area contributed by atoms with Crippen LogP contribution < -0.4 is 0 Å². The molecule has 132 valence electrons. The molecular weight excluding hydrogens is 363 g/mol. The number of thiazole rings is 1. The zero-order valence-electron chi connectivity index (χ0n) is 13.2. The number of hydrogen-bond acceptors (Lipinski definition) is 5. The summed E-state index contributed by atoms with van der Waals surface area (Å²) in [5.74, 6) is 0. The van der Waals surface area contributed by atoms with E-state index in [9.17, 15) is 18.3 Å². The molecule has 1 aromatic carbocycles. The molecule has 0 radical (unpaired) electrons. The van der Waals surface area contributed by atoms with Gasteiger partial charge in [0, 0.05) is 30.6 Å². The Labute approximate surface area is 151 Å². The van der Waals surface area contributed by atoms with Crippen molar-refractivity contribution in [3.8, 4) is 16.6 Å². The van der Waals surface area contributed by atoms with Crippen LogP contribution in [0.2, 0.25) is 0 Å². The highest BCUT2D eigenvalue weighted by Crippen LogP contribution is 2.36. The van der Waals surface area contributed by atoms with Gasteiger partial charge in [0.05, 0.1) is 28.2 Å². The number of pyridine rings is 1. The Morgan fingerprint density at radius 3 is 2.58 bits per heavy atom. The number of aliphatic hydroxyl groups is 1. The third kappa shape index (κ3) is 3.90. The third-order valence-electron chi connectivity index (χ3n) is 3.72. The first-order valence-corrected chi connectivity index (χ1v) is 8.34. The highest BCUT2D eigenvalue weighted by molar-refractivity contribution is 7.15. The van der Waals surface area contributed by atoms with E-state index in [0.29, 0.717) is 16.3 Å². The molecule has 2 heterocycles. The Morgan fingerprint density at radius 1 is 1.19 bits per heavy atom. The fourth-order valence-corrected chi connectivity index (χ4v) is 3.32. The van der Waals surface area contributed by atoms with Crippen molar-refractivity contribution >= 4 is 11.3 Å². The lowest BCUT2D eigenvalue weighted by molar-refractivity contribution is -0.137. The summed E-state index contributed by atoms with van der Waals surface area (Å²) in [4.78, 5) is 8.58. The molecule has 0 fully saturated rings. The molecule has 26 heavy (non-hydrogen) atoms. The van der Waals surface area contributed by atoms with Crippen molar-refractivity contribution in [3.05, 3.63) is 70.5 Å². The monoisotopic (exact) mass is 375 g/mol. The van der Waals surface area contributed by atoms with Gasteiger partial charge in [0.15, 0.2) is 0 Å². The molecule has 0 amide bonds. The molecule has 0 saturated carbocycles. The first-order chi connectivity index (χ1) is 12.4. The Bertz CT molecular complexity index is 948. The fourth-order valence-electron chi connectivity index (χ4n) is 2.43. The highest BCUT2D eigenvalue weighted by Gasteiger charge is 2.34. The first kappa shape index (κ1) is 18.0. The normalized spacial score (nSPS) is 12.6. The van der Waals surface area contributed by atoms with Crippen molar-refractivity contribution in [2.24, 2.45) is 0 Å². The summed E-state index contributed by atoms with van der Waals surface area (Å²) in [6.45, 7) is 0. The number of benzene rings is 1. The Balaban J connectivity index is 1.87. The number of nitriles is 1. The van der Waals surface area contributed by atoms with Crippen LogP contribution in [0.1, 0.15) is 27.7 Å². The van der Waals surface area contributed by atoms with Gasteiger partial charge in [-0.3, -0.25) is 4.98 Å². The smallest absolute Gasteiger partial charge is 0.387 e. The van der Waals surface area contributed by atoms with E-state index in [-0.39, 0.29) is 5.56 Å². The van der Waals surface area contributed by atoms with Crippen LogP contribution >= 0.6 is 11.3 Å². The molecule has 8 heteroatoms. The number of aliphatic hydroxyl groups excluding tert-OH is 1. The topological polar surface area (TPSA) is 69.8 Å². The maximum atomic E-state index is 13.1. The van der Waals surface area contributed by atoms with Gasteiger partial charge in [-0.1, -0.05) is 6.07 Å². The predicted molar refractivity (Wildman–Crippen MR) is 90.2 cm³/mol. The van der Waals surface area contributed by atoms with Gasteiger partial charge in [-0.05, 0) is 29.8 Å². The van der Waals surface area contributed by atoms with Gasteiger partial charge in [0.1, 0.15) is 5.01 Å². The number of halogens is 3. The van der Waals surface area contributed by atoms with E-state index in [4.69, 9.17) is 5.26 Å². The van der Waals surface area contributed by atoms with Gasteiger partial charge in [0.25, 0.3) is 0 Å². The number of nitrogens with zero attached hydrogens (tertiary/aromatic N) is 3. The molecular formula is C18H12F3N3OS. The van der Waals surface area contributed by atoms with Gasteiger partial charge in [0.2, 0.25) is 0 Å². The minimum atomic E-state index is -4.62. The summed E-state index contributed by atoms with van der Waals surface area (Å²) in [5.41, 5.74) is -0.286. The lowest BCUT2D eigenvalue weighted by atomic mass is 10.0. The van der Waals surface area contributed by atoms with Gasteiger partial charge in [-0.15, -0.1) is 11.3 Å². The molecule has 1 N–H and O–H groups in total. The molecule has 4 nitrogen and oxygen atoms in total. The fraction of sp³-hybridized carbons (Fsp3) is 0.167. The van der Waals surface area contributed by atoms with Crippen molar-refractivity contribution < 1.29 is 18.3 Å². The third-order valence-corrected chi connectivity index (χ3v) is 4.87. The van der Waals surface area contributed by atoms with Gasteiger partial charge < -0.3 is 5.11 Å². The van der Waals surface area contributed by atoms with E-state index in [1.165, 1.54) is 12.3 Å². The van der Waals surface area contributed by atoms with Crippen LogP contribution in [0, 0.1) is 11.3 Å². The second-order valence-corrected chi connectivity index (χ2v) is 6.58. The van der Waals surface area contributed by atoms with Gasteiger partial charge in [-0.25, -0.2) is 4.98 Å². The first-order valence-electron chi connectivity index (χ1n) is 7.53. The molecule has 0 saturated heterocycles. The van der Waals surface area contributed by atoms with E-state index < -0.39 is 23.4 Å². The van der Waals surface area contributed by atoms with Crippen LogP contribution in [-0.4, -0.2) is 15.1 Å². The number of alkyl halides is 3. The molecule has 0 aliphatic carbocycles. The van der Waals surface area contributed by atoms with Crippen molar-refractivity contribution in [2.45, 2.75) is 18.7 Å². The summed E-state index contributed by atoms with van der Waals surface area (Å²) in [6, 6.07) is 8.57. The zero-order valence-corrected chi connectivity index (χ0v) is 14.1. The summed E-state index contributed by atoms with van der Waals surface area (Å²) in [7, 11) is 0. The summed E-state index contributed by atoms with van der Waals surface area (Å²) < 4.78 is 39.3. The number of hydrogen-bond donors (Lipinski definition) is 1. The number of rotatable bonds is 4. The molecule has 3 aromatic rings. The molecule has 0 bridgehead atoms. The molecule has 0 aliphatic rings. The number of aromatic nitrogens is 2. The van der Waals surface area contributed by atoms with Crippen LogP contribution in [0.15, 0.2) is 48.9 Å². The lowest BCUT2D eigenvalue weighted by Gasteiger charge is -2.10. The van der Waals surface area contributed by atoms with Gasteiger partial charge >= 0.3 is 6.18 Å². The van der Waals surface area contributed by atoms with E-state index in [1.54, 1.807) is 30.6 Å². The molecule has 1 unspecified atom stereocenters. The maximum Gasteiger partial charge on any atom is 0.417 e. The molecule has 0 spiro atoms. The second-order valence-electron chi connectivity index (χ2n) is 5.51. The minimum Gasteiger partial charge on any atom is -0.387 e. The standard InChI is InChI=1S/C18H12F3N3OS/c19-18(20,21)14-8-12(1-2-13(14)9-22)17-24-10-16(26-17)15(25)7-11-3-5-23-6-4-11/h1-6,8,10,15,25H,7H2. The summed E-state index contributed by atoms with van der Waals surface area (Å²) in [5, 5.41) is 19.5. The quantitative estimate of drug-likeness (QED) is 0.735. The van der Waals surface area contributed by atoms with Crippen LogP contribution in [0.4, 0.5) is 13.2 Å². The van der Waals surface area contributed by atoms with Crippen LogP contribution in [0.5, 0.6) is 0 Å². The molecule has 1 atom stereocenters. The SMILES string of the molecule is N#Cc1ccc(-c2ncc(C(O)Cc3ccncc3)s2)cc1C(F)(F)F. The van der Waals surface area contributed by atoms with E-state index >= 15 is 0 Å². The van der Waals surface area contributed by atoms with Crippen molar-refractivity contribution in [3.63, 3.8) is 0 Å².